The van der Waals surface area contributed by atoms with Gasteiger partial charge in [0.05, 0.1) is 0 Å². The first kappa shape index (κ1) is 15.9. The van der Waals surface area contributed by atoms with Crippen LogP contribution in [0.4, 0.5) is 4.79 Å². The van der Waals surface area contributed by atoms with Crippen molar-refractivity contribution in [3.63, 3.8) is 0 Å². The minimum atomic E-state index is -0.424. The fourth-order valence-corrected chi connectivity index (χ4v) is 2.75. The highest BCUT2D eigenvalue weighted by Gasteiger charge is 2.27. The van der Waals surface area contributed by atoms with E-state index in [1.54, 1.807) is 0 Å². The second-order valence-electron chi connectivity index (χ2n) is 6.70. The topological polar surface area (TPSA) is 47.4 Å². The number of piperidine rings is 1. The van der Waals surface area contributed by atoms with E-state index < -0.39 is 5.60 Å². The van der Waals surface area contributed by atoms with Crippen molar-refractivity contribution >= 4 is 6.09 Å². The summed E-state index contributed by atoms with van der Waals surface area (Å²) in [5, 5.41) is 0. The molecule has 0 N–H and O–H groups in total. The molecule has 1 aliphatic heterocycles. The molecule has 0 atom stereocenters. The molecule has 5 nitrogen and oxygen atoms in total. The molecule has 0 spiro atoms. The summed E-state index contributed by atoms with van der Waals surface area (Å²) < 4.78 is 7.72. The van der Waals surface area contributed by atoms with E-state index in [1.165, 1.54) is 0 Å². The smallest absolute Gasteiger partial charge is 0.410 e. The van der Waals surface area contributed by atoms with Gasteiger partial charge in [-0.15, -0.1) is 0 Å². The average molecular weight is 293 g/mol. The fraction of sp³-hybridized carbons (Fsp3) is 0.750. The van der Waals surface area contributed by atoms with E-state index >= 15 is 0 Å². The van der Waals surface area contributed by atoms with Gasteiger partial charge in [-0.1, -0.05) is 6.92 Å². The van der Waals surface area contributed by atoms with Gasteiger partial charge in [0.15, 0.2) is 0 Å². The van der Waals surface area contributed by atoms with Crippen LogP contribution in [0.2, 0.25) is 0 Å². The van der Waals surface area contributed by atoms with E-state index in [-0.39, 0.29) is 6.09 Å². The first-order valence-corrected chi connectivity index (χ1v) is 7.90. The number of aromatic nitrogens is 2. The summed E-state index contributed by atoms with van der Waals surface area (Å²) in [4.78, 5) is 18.3. The second-order valence-corrected chi connectivity index (χ2v) is 6.70. The summed E-state index contributed by atoms with van der Waals surface area (Å²) in [6.07, 6.45) is 7.80. The van der Waals surface area contributed by atoms with E-state index in [0.717, 1.165) is 44.6 Å². The molecule has 2 heterocycles. The van der Waals surface area contributed by atoms with E-state index in [9.17, 15) is 4.79 Å². The van der Waals surface area contributed by atoms with Gasteiger partial charge < -0.3 is 14.2 Å². The number of carbonyl (C=O) groups is 1. The van der Waals surface area contributed by atoms with Crippen molar-refractivity contribution in [3.05, 3.63) is 18.2 Å². The molecular weight excluding hydrogens is 266 g/mol. The molecule has 21 heavy (non-hydrogen) atoms. The predicted octanol–water partition coefficient (Wildman–Crippen LogP) is 3.41. The predicted molar refractivity (Wildman–Crippen MR) is 82.3 cm³/mol. The second kappa shape index (κ2) is 6.50. The highest BCUT2D eigenvalue weighted by molar-refractivity contribution is 5.68. The van der Waals surface area contributed by atoms with Gasteiger partial charge in [0.2, 0.25) is 0 Å². The van der Waals surface area contributed by atoms with Gasteiger partial charge in [-0.25, -0.2) is 9.78 Å². The molecule has 0 aromatic carbocycles. The van der Waals surface area contributed by atoms with Crippen LogP contribution < -0.4 is 0 Å². The quantitative estimate of drug-likeness (QED) is 0.858. The molecule has 1 amide bonds. The van der Waals surface area contributed by atoms with Gasteiger partial charge in [0, 0.05) is 37.9 Å². The average Bonchev–Trinajstić information content (AvgIpc) is 2.86. The number of imidazole rings is 1. The highest BCUT2D eigenvalue weighted by Crippen LogP contribution is 2.25. The van der Waals surface area contributed by atoms with Crippen molar-refractivity contribution in [1.29, 1.82) is 0 Å². The number of carbonyl (C=O) groups excluding carboxylic acids is 1. The van der Waals surface area contributed by atoms with Crippen LogP contribution in [-0.2, 0) is 11.2 Å². The number of hydrogen-bond donors (Lipinski definition) is 0. The fourth-order valence-electron chi connectivity index (χ4n) is 2.75. The number of likely N-dealkylation sites (tertiary alicyclic amines) is 1. The van der Waals surface area contributed by atoms with E-state index in [4.69, 9.17) is 4.74 Å². The summed E-state index contributed by atoms with van der Waals surface area (Å²) >= 11 is 0. The molecule has 1 saturated heterocycles. The van der Waals surface area contributed by atoms with Crippen LogP contribution in [-0.4, -0.2) is 39.2 Å². The normalized spacial score (nSPS) is 17.0. The molecule has 1 aromatic heterocycles. The van der Waals surface area contributed by atoms with Gasteiger partial charge in [0.25, 0.3) is 0 Å². The first-order chi connectivity index (χ1) is 9.90. The number of nitrogens with zero attached hydrogens (tertiary/aromatic N) is 3. The van der Waals surface area contributed by atoms with Crippen molar-refractivity contribution in [2.24, 2.45) is 0 Å². The molecule has 0 bridgehead atoms. The lowest BCUT2D eigenvalue weighted by atomic mass is 10.0. The Bertz CT molecular complexity index is 468. The van der Waals surface area contributed by atoms with Gasteiger partial charge in [-0.05, 0) is 40.0 Å². The molecule has 0 unspecified atom stereocenters. The number of aryl methyl sites for hydroxylation is 1. The third kappa shape index (κ3) is 4.22. The molecule has 118 valence electrons. The molecule has 1 fully saturated rings. The first-order valence-electron chi connectivity index (χ1n) is 7.90. The standard InChI is InChI=1S/C16H27N3O2/c1-5-6-14-17-9-12-19(14)13-7-10-18(11-8-13)15(20)21-16(2,3)4/h9,12-13H,5-8,10-11H2,1-4H3. The largest absolute Gasteiger partial charge is 0.444 e. The number of hydrogen-bond acceptors (Lipinski definition) is 3. The van der Waals surface area contributed by atoms with Crippen LogP contribution in [0.15, 0.2) is 12.4 Å². The van der Waals surface area contributed by atoms with Crippen molar-refractivity contribution in [3.8, 4) is 0 Å². The van der Waals surface area contributed by atoms with Crippen LogP contribution in [0, 0.1) is 0 Å². The Morgan fingerprint density at radius 1 is 1.38 bits per heavy atom. The van der Waals surface area contributed by atoms with E-state index in [1.807, 2.05) is 31.9 Å². The Morgan fingerprint density at radius 2 is 2.05 bits per heavy atom. The Hall–Kier alpha value is -1.52. The molecule has 0 aliphatic carbocycles. The maximum Gasteiger partial charge on any atom is 0.410 e. The van der Waals surface area contributed by atoms with Gasteiger partial charge >= 0.3 is 6.09 Å². The highest BCUT2D eigenvalue weighted by atomic mass is 16.6. The maximum atomic E-state index is 12.1. The van der Waals surface area contributed by atoms with Crippen molar-refractivity contribution in [2.75, 3.05) is 13.1 Å². The van der Waals surface area contributed by atoms with E-state index in [2.05, 4.69) is 22.7 Å². The third-order valence-electron chi connectivity index (χ3n) is 3.73. The Kier molecular flexibility index (Phi) is 4.91. The van der Waals surface area contributed by atoms with Crippen LogP contribution in [0.25, 0.3) is 0 Å². The van der Waals surface area contributed by atoms with Crippen LogP contribution >= 0.6 is 0 Å². The zero-order valence-corrected chi connectivity index (χ0v) is 13.6. The Labute approximate surface area is 127 Å². The Balaban J connectivity index is 1.91. The van der Waals surface area contributed by atoms with Crippen molar-refractivity contribution in [2.45, 2.75) is 65.0 Å². The van der Waals surface area contributed by atoms with Gasteiger partial charge in [-0.2, -0.15) is 0 Å². The van der Waals surface area contributed by atoms with Gasteiger partial charge in [-0.3, -0.25) is 0 Å². The van der Waals surface area contributed by atoms with E-state index in [0.29, 0.717) is 6.04 Å². The van der Waals surface area contributed by atoms with Crippen LogP contribution in [0.1, 0.15) is 58.8 Å². The summed E-state index contributed by atoms with van der Waals surface area (Å²) in [5.41, 5.74) is -0.424. The maximum absolute atomic E-state index is 12.1. The SMILES string of the molecule is CCCc1nccn1C1CCN(C(=O)OC(C)(C)C)CC1. The third-order valence-corrected chi connectivity index (χ3v) is 3.73. The number of rotatable bonds is 3. The minimum absolute atomic E-state index is 0.194. The zero-order chi connectivity index (χ0) is 15.5. The zero-order valence-electron chi connectivity index (χ0n) is 13.6. The van der Waals surface area contributed by atoms with Crippen molar-refractivity contribution in [1.82, 2.24) is 14.5 Å². The molecular formula is C16H27N3O2. The summed E-state index contributed by atoms with van der Waals surface area (Å²) in [6.45, 7) is 9.39. The summed E-state index contributed by atoms with van der Waals surface area (Å²) in [6, 6.07) is 0.452. The number of ether oxygens (including phenoxy) is 1. The molecule has 0 radical (unpaired) electrons. The summed E-state index contributed by atoms with van der Waals surface area (Å²) in [5.74, 6) is 1.16. The van der Waals surface area contributed by atoms with Crippen molar-refractivity contribution < 1.29 is 9.53 Å². The molecule has 5 heteroatoms. The van der Waals surface area contributed by atoms with Gasteiger partial charge in [0.1, 0.15) is 11.4 Å². The monoisotopic (exact) mass is 293 g/mol. The molecule has 2 rings (SSSR count). The molecule has 0 saturated carbocycles. The molecule has 1 aromatic rings. The van der Waals surface area contributed by atoms with Crippen LogP contribution in [0.5, 0.6) is 0 Å². The Morgan fingerprint density at radius 3 is 2.62 bits per heavy atom. The molecule has 1 aliphatic rings. The lowest BCUT2D eigenvalue weighted by molar-refractivity contribution is 0.0188. The van der Waals surface area contributed by atoms with Crippen LogP contribution in [0.3, 0.4) is 0 Å². The lowest BCUT2D eigenvalue weighted by Gasteiger charge is -2.34. The minimum Gasteiger partial charge on any atom is -0.444 e. The summed E-state index contributed by atoms with van der Waals surface area (Å²) in [7, 11) is 0. The lowest BCUT2D eigenvalue weighted by Crippen LogP contribution is -2.42. The number of amides is 1.